The van der Waals surface area contributed by atoms with E-state index in [2.05, 4.69) is 10.0 Å². The summed E-state index contributed by atoms with van der Waals surface area (Å²) in [5.41, 5.74) is 1.02. The lowest BCUT2D eigenvalue weighted by Gasteiger charge is -2.31. The summed E-state index contributed by atoms with van der Waals surface area (Å²) in [5, 5.41) is 13.4. The summed E-state index contributed by atoms with van der Waals surface area (Å²) in [6, 6.07) is 7.05. The van der Waals surface area contributed by atoms with Gasteiger partial charge in [0.25, 0.3) is 0 Å². The minimum atomic E-state index is -3.39. The summed E-state index contributed by atoms with van der Waals surface area (Å²) in [7, 11) is -1.99. The minimum absolute atomic E-state index is 0.0779. The molecule has 1 fully saturated rings. The standard InChI is InChI=1S/C15H24N2O3S/c1-11(17-14-5-3-4-6-15(14)18)12-7-9-13(10-8-12)21(19,20)16-2/h7-11,14-18H,3-6H2,1-2H3. The average molecular weight is 312 g/mol. The summed E-state index contributed by atoms with van der Waals surface area (Å²) in [4.78, 5) is 0.263. The molecule has 21 heavy (non-hydrogen) atoms. The molecule has 1 aromatic rings. The van der Waals surface area contributed by atoms with E-state index in [0.717, 1.165) is 31.2 Å². The van der Waals surface area contributed by atoms with Gasteiger partial charge < -0.3 is 10.4 Å². The molecule has 3 unspecified atom stereocenters. The Kier molecular flexibility index (Phi) is 5.37. The van der Waals surface area contributed by atoms with Gasteiger partial charge in [-0.25, -0.2) is 13.1 Å². The van der Waals surface area contributed by atoms with Crippen molar-refractivity contribution in [2.24, 2.45) is 0 Å². The third-order valence-corrected chi connectivity index (χ3v) is 5.58. The molecule has 0 spiro atoms. The fraction of sp³-hybridized carbons (Fsp3) is 0.600. The second-order valence-corrected chi connectivity index (χ2v) is 7.51. The van der Waals surface area contributed by atoms with Crippen molar-refractivity contribution in [1.29, 1.82) is 0 Å². The highest BCUT2D eigenvalue weighted by Gasteiger charge is 2.24. The number of benzene rings is 1. The highest BCUT2D eigenvalue weighted by Crippen LogP contribution is 2.22. The van der Waals surface area contributed by atoms with E-state index in [9.17, 15) is 13.5 Å². The Balaban J connectivity index is 2.04. The monoisotopic (exact) mass is 312 g/mol. The zero-order valence-corrected chi connectivity index (χ0v) is 13.4. The van der Waals surface area contributed by atoms with E-state index in [1.165, 1.54) is 7.05 Å². The molecular formula is C15H24N2O3S. The van der Waals surface area contributed by atoms with Crippen LogP contribution in [0.3, 0.4) is 0 Å². The van der Waals surface area contributed by atoms with Crippen LogP contribution >= 0.6 is 0 Å². The Morgan fingerprint density at radius 3 is 2.38 bits per heavy atom. The molecule has 3 N–H and O–H groups in total. The number of hydrogen-bond donors (Lipinski definition) is 3. The summed E-state index contributed by atoms with van der Waals surface area (Å²) >= 11 is 0. The quantitative estimate of drug-likeness (QED) is 0.771. The van der Waals surface area contributed by atoms with Gasteiger partial charge in [0.1, 0.15) is 0 Å². The summed E-state index contributed by atoms with van der Waals surface area (Å²) in [6.07, 6.45) is 3.78. The average Bonchev–Trinajstić information content (AvgIpc) is 2.49. The lowest BCUT2D eigenvalue weighted by molar-refractivity contribution is 0.0860. The SMILES string of the molecule is CNS(=O)(=O)c1ccc(C(C)NC2CCCCC2O)cc1. The summed E-state index contributed by atoms with van der Waals surface area (Å²) < 4.78 is 25.7. The predicted octanol–water partition coefficient (Wildman–Crippen LogP) is 1.55. The molecule has 0 bridgehead atoms. The van der Waals surface area contributed by atoms with Crippen molar-refractivity contribution in [2.75, 3.05) is 7.05 Å². The van der Waals surface area contributed by atoms with Crippen LogP contribution in [0.4, 0.5) is 0 Å². The Bertz CT molecular complexity index is 557. The van der Waals surface area contributed by atoms with Gasteiger partial charge >= 0.3 is 0 Å². The second kappa shape index (κ2) is 6.87. The number of aliphatic hydroxyl groups excluding tert-OH is 1. The first kappa shape index (κ1) is 16.4. The van der Waals surface area contributed by atoms with E-state index in [0.29, 0.717) is 0 Å². The Hall–Kier alpha value is -0.950. The van der Waals surface area contributed by atoms with Crippen LogP contribution < -0.4 is 10.0 Å². The lowest BCUT2D eigenvalue weighted by Crippen LogP contribution is -2.43. The molecule has 1 saturated carbocycles. The Morgan fingerprint density at radius 2 is 1.81 bits per heavy atom. The minimum Gasteiger partial charge on any atom is -0.392 e. The van der Waals surface area contributed by atoms with E-state index < -0.39 is 10.0 Å². The zero-order valence-electron chi connectivity index (χ0n) is 12.5. The van der Waals surface area contributed by atoms with Crippen molar-refractivity contribution in [1.82, 2.24) is 10.0 Å². The highest BCUT2D eigenvalue weighted by molar-refractivity contribution is 7.89. The Morgan fingerprint density at radius 1 is 1.19 bits per heavy atom. The van der Waals surface area contributed by atoms with Gasteiger partial charge in [0, 0.05) is 12.1 Å². The van der Waals surface area contributed by atoms with Crippen LogP contribution in [0.25, 0.3) is 0 Å². The molecule has 0 radical (unpaired) electrons. The molecule has 0 amide bonds. The molecule has 0 saturated heterocycles. The first-order valence-corrected chi connectivity index (χ1v) is 8.90. The molecule has 1 aliphatic carbocycles. The summed E-state index contributed by atoms with van der Waals surface area (Å²) in [6.45, 7) is 2.03. The van der Waals surface area contributed by atoms with E-state index in [4.69, 9.17) is 0 Å². The molecule has 0 aromatic heterocycles. The molecule has 1 aliphatic rings. The van der Waals surface area contributed by atoms with Crippen molar-refractivity contribution in [2.45, 2.75) is 55.7 Å². The van der Waals surface area contributed by atoms with Gasteiger partial charge in [-0.1, -0.05) is 25.0 Å². The highest BCUT2D eigenvalue weighted by atomic mass is 32.2. The number of hydrogen-bond acceptors (Lipinski definition) is 4. The second-order valence-electron chi connectivity index (χ2n) is 5.62. The first-order valence-electron chi connectivity index (χ1n) is 7.41. The number of rotatable bonds is 5. The van der Waals surface area contributed by atoms with Crippen molar-refractivity contribution in [3.8, 4) is 0 Å². The van der Waals surface area contributed by atoms with Crippen molar-refractivity contribution < 1.29 is 13.5 Å². The van der Waals surface area contributed by atoms with Crippen LogP contribution in [0.1, 0.15) is 44.2 Å². The van der Waals surface area contributed by atoms with Crippen LogP contribution in [0.5, 0.6) is 0 Å². The largest absolute Gasteiger partial charge is 0.392 e. The van der Waals surface area contributed by atoms with Gasteiger partial charge in [-0.2, -0.15) is 0 Å². The topological polar surface area (TPSA) is 78.4 Å². The predicted molar refractivity (Wildman–Crippen MR) is 82.5 cm³/mol. The maximum Gasteiger partial charge on any atom is 0.240 e. The summed E-state index contributed by atoms with van der Waals surface area (Å²) in [5.74, 6) is 0. The zero-order chi connectivity index (χ0) is 15.5. The third kappa shape index (κ3) is 4.03. The van der Waals surface area contributed by atoms with E-state index >= 15 is 0 Å². The first-order chi connectivity index (χ1) is 9.94. The van der Waals surface area contributed by atoms with Gasteiger partial charge in [0.2, 0.25) is 10.0 Å². The van der Waals surface area contributed by atoms with Gasteiger partial charge in [-0.15, -0.1) is 0 Å². The lowest BCUT2D eigenvalue weighted by atomic mass is 9.91. The number of sulfonamides is 1. The molecular weight excluding hydrogens is 288 g/mol. The van der Waals surface area contributed by atoms with Crippen LogP contribution in [0, 0.1) is 0 Å². The van der Waals surface area contributed by atoms with Crippen LogP contribution in [-0.4, -0.2) is 32.7 Å². The van der Waals surface area contributed by atoms with Crippen molar-refractivity contribution >= 4 is 10.0 Å². The van der Waals surface area contributed by atoms with Crippen molar-refractivity contribution in [3.05, 3.63) is 29.8 Å². The van der Waals surface area contributed by atoms with Crippen LogP contribution in [-0.2, 0) is 10.0 Å². The van der Waals surface area contributed by atoms with Crippen LogP contribution in [0.2, 0.25) is 0 Å². The number of nitrogens with one attached hydrogen (secondary N) is 2. The van der Waals surface area contributed by atoms with Gasteiger partial charge in [0.05, 0.1) is 11.0 Å². The maximum absolute atomic E-state index is 11.7. The van der Waals surface area contributed by atoms with Crippen LogP contribution in [0.15, 0.2) is 29.2 Å². The Labute approximate surface area is 126 Å². The molecule has 2 rings (SSSR count). The molecule has 1 aromatic carbocycles. The molecule has 0 heterocycles. The normalized spacial score (nSPS) is 24.7. The molecule has 0 aliphatic heterocycles. The smallest absolute Gasteiger partial charge is 0.240 e. The maximum atomic E-state index is 11.7. The fourth-order valence-corrected chi connectivity index (χ4v) is 3.51. The number of aliphatic hydroxyl groups is 1. The van der Waals surface area contributed by atoms with E-state index in [1.807, 2.05) is 19.1 Å². The molecule has 5 nitrogen and oxygen atoms in total. The van der Waals surface area contributed by atoms with E-state index in [-0.39, 0.29) is 23.1 Å². The molecule has 3 atom stereocenters. The van der Waals surface area contributed by atoms with Gasteiger partial charge in [0.15, 0.2) is 0 Å². The van der Waals surface area contributed by atoms with Gasteiger partial charge in [-0.05, 0) is 44.5 Å². The fourth-order valence-electron chi connectivity index (χ4n) is 2.78. The van der Waals surface area contributed by atoms with E-state index in [1.54, 1.807) is 12.1 Å². The third-order valence-electron chi connectivity index (χ3n) is 4.15. The van der Waals surface area contributed by atoms with Gasteiger partial charge in [-0.3, -0.25) is 0 Å². The molecule has 6 heteroatoms. The van der Waals surface area contributed by atoms with Crippen molar-refractivity contribution in [3.63, 3.8) is 0 Å². The molecule has 118 valence electrons.